The minimum Gasteiger partial charge on any atom is -0.493 e. The molecule has 2 aromatic carbocycles. The summed E-state index contributed by atoms with van der Waals surface area (Å²) in [4.78, 5) is 2.30. The first-order valence-electron chi connectivity index (χ1n) is 9.01. The first-order valence-corrected chi connectivity index (χ1v) is 9.01. The molecule has 0 heterocycles. The quantitative estimate of drug-likeness (QED) is 0.708. The molecule has 1 fully saturated rings. The highest BCUT2D eigenvalue weighted by Gasteiger charge is 2.31. The third-order valence-corrected chi connectivity index (χ3v) is 4.55. The van der Waals surface area contributed by atoms with Crippen LogP contribution in [0.2, 0.25) is 0 Å². The Morgan fingerprint density at radius 2 is 1.81 bits per heavy atom. The highest BCUT2D eigenvalue weighted by molar-refractivity contribution is 5.46. The topological polar surface area (TPSA) is 51.2 Å². The van der Waals surface area contributed by atoms with Gasteiger partial charge in [0.15, 0.2) is 11.5 Å². The van der Waals surface area contributed by atoms with Crippen molar-refractivity contribution < 1.29 is 19.3 Å². The van der Waals surface area contributed by atoms with Crippen LogP contribution < -0.4 is 14.2 Å². The summed E-state index contributed by atoms with van der Waals surface area (Å²) in [6.45, 7) is 1.56. The lowest BCUT2D eigenvalue weighted by Gasteiger charge is -2.26. The van der Waals surface area contributed by atoms with Gasteiger partial charge in [0, 0.05) is 24.7 Å². The lowest BCUT2D eigenvalue weighted by Crippen LogP contribution is -2.36. The standard InChI is InChI=1S/C21H27NO4/c1-24-20-10-6-7-16(21(20)25-2)13-22(17-11-12-17)14-18(23)15-26-19-8-4-3-5-9-19/h3-10,17-18,23H,11-15H2,1-2H3. The van der Waals surface area contributed by atoms with Crippen molar-refractivity contribution in [2.75, 3.05) is 27.4 Å². The van der Waals surface area contributed by atoms with Crippen LogP contribution in [0.4, 0.5) is 0 Å². The fourth-order valence-electron chi connectivity index (χ4n) is 3.11. The zero-order valence-electron chi connectivity index (χ0n) is 15.4. The van der Waals surface area contributed by atoms with E-state index < -0.39 is 6.10 Å². The number of benzene rings is 2. The van der Waals surface area contributed by atoms with Gasteiger partial charge in [-0.15, -0.1) is 0 Å². The Labute approximate surface area is 155 Å². The molecule has 0 bridgehead atoms. The van der Waals surface area contributed by atoms with Gasteiger partial charge in [-0.1, -0.05) is 30.3 Å². The predicted molar refractivity (Wildman–Crippen MR) is 101 cm³/mol. The lowest BCUT2D eigenvalue weighted by atomic mass is 10.1. The molecule has 140 valence electrons. The molecular weight excluding hydrogens is 330 g/mol. The average molecular weight is 357 g/mol. The molecule has 3 rings (SSSR count). The summed E-state index contributed by atoms with van der Waals surface area (Å²) in [5.74, 6) is 2.27. The summed E-state index contributed by atoms with van der Waals surface area (Å²) in [5, 5.41) is 10.4. The van der Waals surface area contributed by atoms with E-state index in [1.807, 2.05) is 48.5 Å². The molecule has 1 atom stereocenters. The number of aliphatic hydroxyl groups is 1. The number of rotatable bonds is 10. The highest BCUT2D eigenvalue weighted by Crippen LogP contribution is 2.34. The Kier molecular flexibility index (Phi) is 6.36. The minimum atomic E-state index is -0.549. The largest absolute Gasteiger partial charge is 0.493 e. The Bertz CT molecular complexity index is 688. The van der Waals surface area contributed by atoms with Gasteiger partial charge in [0.05, 0.1) is 14.2 Å². The molecule has 5 nitrogen and oxygen atoms in total. The molecule has 0 aromatic heterocycles. The van der Waals surface area contributed by atoms with E-state index in [0.29, 0.717) is 19.1 Å². The van der Waals surface area contributed by atoms with Gasteiger partial charge in [-0.25, -0.2) is 0 Å². The van der Waals surface area contributed by atoms with Gasteiger partial charge in [-0.2, -0.15) is 0 Å². The first-order chi connectivity index (χ1) is 12.7. The van der Waals surface area contributed by atoms with Crippen LogP contribution in [0.25, 0.3) is 0 Å². The molecule has 1 N–H and O–H groups in total. The van der Waals surface area contributed by atoms with Gasteiger partial charge in [0.1, 0.15) is 18.5 Å². The molecule has 0 spiro atoms. The van der Waals surface area contributed by atoms with E-state index in [0.717, 1.165) is 22.8 Å². The van der Waals surface area contributed by atoms with Crippen molar-refractivity contribution in [3.05, 3.63) is 54.1 Å². The van der Waals surface area contributed by atoms with Crippen LogP contribution in [0.3, 0.4) is 0 Å². The first kappa shape index (κ1) is 18.5. The van der Waals surface area contributed by atoms with Crippen LogP contribution >= 0.6 is 0 Å². The monoisotopic (exact) mass is 357 g/mol. The third-order valence-electron chi connectivity index (χ3n) is 4.55. The number of hydrogen-bond acceptors (Lipinski definition) is 5. The van der Waals surface area contributed by atoms with Crippen molar-refractivity contribution in [2.45, 2.75) is 31.5 Å². The fourth-order valence-corrected chi connectivity index (χ4v) is 3.11. The predicted octanol–water partition coefficient (Wildman–Crippen LogP) is 3.11. The van der Waals surface area contributed by atoms with Crippen molar-refractivity contribution in [3.8, 4) is 17.2 Å². The summed E-state index contributed by atoms with van der Waals surface area (Å²) < 4.78 is 16.6. The van der Waals surface area contributed by atoms with Crippen LogP contribution in [0, 0.1) is 0 Å². The van der Waals surface area contributed by atoms with Gasteiger partial charge in [0.2, 0.25) is 0 Å². The Morgan fingerprint density at radius 3 is 2.46 bits per heavy atom. The van der Waals surface area contributed by atoms with Gasteiger partial charge < -0.3 is 19.3 Å². The van der Waals surface area contributed by atoms with Crippen LogP contribution in [0.1, 0.15) is 18.4 Å². The van der Waals surface area contributed by atoms with Crippen molar-refractivity contribution in [1.29, 1.82) is 0 Å². The van der Waals surface area contributed by atoms with E-state index in [1.54, 1.807) is 14.2 Å². The second kappa shape index (κ2) is 8.92. The maximum atomic E-state index is 10.4. The fraction of sp³-hybridized carbons (Fsp3) is 0.429. The van der Waals surface area contributed by atoms with Crippen molar-refractivity contribution >= 4 is 0 Å². The number of aliphatic hydroxyl groups excluding tert-OH is 1. The minimum absolute atomic E-state index is 0.280. The third kappa shape index (κ3) is 4.90. The smallest absolute Gasteiger partial charge is 0.165 e. The SMILES string of the molecule is COc1cccc(CN(CC(O)COc2ccccc2)C2CC2)c1OC. The summed E-state index contributed by atoms with van der Waals surface area (Å²) in [6, 6.07) is 16.0. The summed E-state index contributed by atoms with van der Waals surface area (Å²) >= 11 is 0. The summed E-state index contributed by atoms with van der Waals surface area (Å²) in [5.41, 5.74) is 1.06. The normalized spacial score (nSPS) is 14.9. The molecule has 2 aromatic rings. The summed E-state index contributed by atoms with van der Waals surface area (Å²) in [7, 11) is 3.30. The number of ether oxygens (including phenoxy) is 3. The van der Waals surface area contributed by atoms with Crippen molar-refractivity contribution in [2.24, 2.45) is 0 Å². The van der Waals surface area contributed by atoms with Gasteiger partial charge in [-0.3, -0.25) is 4.90 Å². The van der Waals surface area contributed by atoms with Crippen molar-refractivity contribution in [1.82, 2.24) is 4.90 Å². The Morgan fingerprint density at radius 1 is 1.04 bits per heavy atom. The molecule has 1 saturated carbocycles. The number of para-hydroxylation sites is 2. The molecule has 0 radical (unpaired) electrons. The van der Waals surface area contributed by atoms with E-state index >= 15 is 0 Å². The van der Waals surface area contributed by atoms with E-state index in [4.69, 9.17) is 14.2 Å². The molecule has 1 aliphatic rings. The van der Waals surface area contributed by atoms with Crippen molar-refractivity contribution in [3.63, 3.8) is 0 Å². The molecule has 0 amide bonds. The molecule has 5 heteroatoms. The van der Waals surface area contributed by atoms with E-state index in [2.05, 4.69) is 4.90 Å². The Balaban J connectivity index is 1.61. The molecule has 26 heavy (non-hydrogen) atoms. The number of nitrogens with zero attached hydrogens (tertiary/aromatic N) is 1. The van der Waals surface area contributed by atoms with Crippen LogP contribution in [-0.2, 0) is 6.54 Å². The second-order valence-electron chi connectivity index (χ2n) is 6.59. The molecular formula is C21H27NO4. The lowest BCUT2D eigenvalue weighted by molar-refractivity contribution is 0.0623. The number of hydrogen-bond donors (Lipinski definition) is 1. The van der Waals surface area contributed by atoms with E-state index in [9.17, 15) is 5.11 Å². The second-order valence-corrected chi connectivity index (χ2v) is 6.59. The van der Waals surface area contributed by atoms with Crippen LogP contribution in [0.15, 0.2) is 48.5 Å². The zero-order valence-corrected chi connectivity index (χ0v) is 15.4. The van der Waals surface area contributed by atoms with Gasteiger partial charge in [0.25, 0.3) is 0 Å². The maximum absolute atomic E-state index is 10.4. The zero-order chi connectivity index (χ0) is 18.4. The maximum Gasteiger partial charge on any atom is 0.165 e. The average Bonchev–Trinajstić information content (AvgIpc) is 3.51. The molecule has 0 saturated heterocycles. The molecule has 1 unspecified atom stereocenters. The van der Waals surface area contributed by atoms with E-state index in [1.165, 1.54) is 12.8 Å². The number of methoxy groups -OCH3 is 2. The van der Waals surface area contributed by atoms with Gasteiger partial charge >= 0.3 is 0 Å². The Hall–Kier alpha value is -2.24. The van der Waals surface area contributed by atoms with Gasteiger partial charge in [-0.05, 0) is 31.0 Å². The highest BCUT2D eigenvalue weighted by atomic mass is 16.5. The van der Waals surface area contributed by atoms with Crippen LogP contribution in [0.5, 0.6) is 17.2 Å². The molecule has 0 aliphatic heterocycles. The molecule has 1 aliphatic carbocycles. The van der Waals surface area contributed by atoms with Crippen LogP contribution in [-0.4, -0.2) is 49.5 Å². The summed E-state index contributed by atoms with van der Waals surface area (Å²) in [6.07, 6.45) is 1.78. The van der Waals surface area contributed by atoms with E-state index in [-0.39, 0.29) is 6.61 Å².